The van der Waals surface area contributed by atoms with E-state index in [1.54, 1.807) is 32.4 Å². The number of benzene rings is 2. The maximum atomic E-state index is 13.1. The van der Waals surface area contributed by atoms with E-state index in [-0.39, 0.29) is 28.4 Å². The van der Waals surface area contributed by atoms with E-state index in [0.717, 1.165) is 41.6 Å². The van der Waals surface area contributed by atoms with Crippen LogP contribution in [0.1, 0.15) is 33.9 Å². The molecule has 1 saturated heterocycles. The monoisotopic (exact) mass is 635 g/mol. The van der Waals surface area contributed by atoms with Crippen LogP contribution in [-0.2, 0) is 25.3 Å². The molecule has 228 valence electrons. The van der Waals surface area contributed by atoms with Crippen molar-refractivity contribution < 1.29 is 14.3 Å². The minimum Gasteiger partial charge on any atom is -0.481 e. The van der Waals surface area contributed by atoms with Crippen LogP contribution in [0, 0.1) is 0 Å². The molecule has 0 spiro atoms. The first-order valence-electron chi connectivity index (χ1n) is 14.1. The Labute approximate surface area is 263 Å². The van der Waals surface area contributed by atoms with E-state index < -0.39 is 17.2 Å². The number of pyridine rings is 1. The first-order chi connectivity index (χ1) is 21.1. The van der Waals surface area contributed by atoms with Gasteiger partial charge in [-0.3, -0.25) is 19.1 Å². The standard InChI is InChI=1S/C32H31Cl2N5O5/c1-37-16-22(31(41)38(2)32(37)42)29(40)35-23-10-6-8-20(28(23)34)19-7-5-9-21(27(19)33)24-13-17-11-12-25(26(17)30(36-24)44-4)39-14-18(15-39)43-3/h5-10,13,16,18,25H,11-12,14-15H2,1-4H3,(H,35,40)/t25-/m0/s1. The van der Waals surface area contributed by atoms with Crippen LogP contribution in [-0.4, -0.2) is 58.3 Å². The Balaban J connectivity index is 1.33. The third-order valence-corrected chi connectivity index (χ3v) is 9.29. The summed E-state index contributed by atoms with van der Waals surface area (Å²) in [7, 11) is 6.17. The summed E-state index contributed by atoms with van der Waals surface area (Å²) in [6.45, 7) is 1.78. The number of fused-ring (bicyclic) bond motifs is 1. The van der Waals surface area contributed by atoms with E-state index in [9.17, 15) is 14.4 Å². The van der Waals surface area contributed by atoms with Crippen LogP contribution in [0.5, 0.6) is 5.88 Å². The zero-order valence-corrected chi connectivity index (χ0v) is 26.2. The van der Waals surface area contributed by atoms with Crippen molar-refractivity contribution in [3.05, 3.63) is 96.2 Å². The van der Waals surface area contributed by atoms with Crippen LogP contribution >= 0.6 is 23.2 Å². The SMILES string of the molecule is COc1nc(-c2cccc(-c3cccc(NC(=O)c4cn(C)c(=O)n(C)c4=O)c3Cl)c2Cl)cc2c1[C@@H](N1CC(OC)C1)CC2. The van der Waals surface area contributed by atoms with Gasteiger partial charge in [0.1, 0.15) is 5.56 Å². The molecule has 2 aromatic heterocycles. The molecule has 2 aliphatic rings. The van der Waals surface area contributed by atoms with Gasteiger partial charge in [0.15, 0.2) is 0 Å². The summed E-state index contributed by atoms with van der Waals surface area (Å²) < 4.78 is 13.3. The number of likely N-dealkylation sites (tertiary alicyclic amines) is 1. The third kappa shape index (κ3) is 5.11. The lowest BCUT2D eigenvalue weighted by Gasteiger charge is -2.42. The summed E-state index contributed by atoms with van der Waals surface area (Å²) in [4.78, 5) is 45.0. The average molecular weight is 637 g/mol. The highest BCUT2D eigenvalue weighted by Gasteiger charge is 2.39. The Bertz CT molecular complexity index is 1910. The molecule has 3 heterocycles. The van der Waals surface area contributed by atoms with Crippen molar-refractivity contribution in [1.82, 2.24) is 19.0 Å². The van der Waals surface area contributed by atoms with Crippen LogP contribution < -0.4 is 21.3 Å². The molecule has 0 radical (unpaired) electrons. The predicted molar refractivity (Wildman–Crippen MR) is 170 cm³/mol. The van der Waals surface area contributed by atoms with Gasteiger partial charge in [-0.05, 0) is 30.5 Å². The molecule has 6 rings (SSSR count). The highest BCUT2D eigenvalue weighted by Crippen LogP contribution is 2.46. The highest BCUT2D eigenvalue weighted by molar-refractivity contribution is 6.39. The van der Waals surface area contributed by atoms with Gasteiger partial charge in [0.2, 0.25) is 5.88 Å². The molecule has 1 N–H and O–H groups in total. The number of amides is 1. The van der Waals surface area contributed by atoms with E-state index in [1.807, 2.05) is 18.2 Å². The van der Waals surface area contributed by atoms with Gasteiger partial charge in [0.25, 0.3) is 11.5 Å². The lowest BCUT2D eigenvalue weighted by Crippen LogP contribution is -2.52. The predicted octanol–water partition coefficient (Wildman–Crippen LogP) is 4.70. The van der Waals surface area contributed by atoms with Gasteiger partial charge < -0.3 is 19.4 Å². The van der Waals surface area contributed by atoms with Crippen LogP contribution in [0.25, 0.3) is 22.4 Å². The molecule has 44 heavy (non-hydrogen) atoms. The van der Waals surface area contributed by atoms with E-state index in [4.69, 9.17) is 37.7 Å². The minimum atomic E-state index is -0.707. The van der Waals surface area contributed by atoms with Gasteiger partial charge in [-0.25, -0.2) is 9.78 Å². The number of carbonyl (C=O) groups is 1. The molecule has 0 unspecified atom stereocenters. The van der Waals surface area contributed by atoms with Crippen LogP contribution in [0.2, 0.25) is 10.0 Å². The van der Waals surface area contributed by atoms with Crippen molar-refractivity contribution in [2.45, 2.75) is 25.0 Å². The Morgan fingerprint density at radius 1 is 1.00 bits per heavy atom. The summed E-state index contributed by atoms with van der Waals surface area (Å²) in [6.07, 6.45) is 3.36. The number of anilines is 1. The average Bonchev–Trinajstić information content (AvgIpc) is 3.42. The second kappa shape index (κ2) is 11.9. The number of nitrogens with one attached hydrogen (secondary N) is 1. The van der Waals surface area contributed by atoms with Gasteiger partial charge in [-0.2, -0.15) is 0 Å². The molecule has 4 aromatic rings. The lowest BCUT2D eigenvalue weighted by molar-refractivity contribution is -0.0514. The number of nitrogens with zero attached hydrogens (tertiary/aromatic N) is 4. The quantitative estimate of drug-likeness (QED) is 0.314. The molecule has 1 atom stereocenters. The number of hydrogen-bond acceptors (Lipinski definition) is 7. The van der Waals surface area contributed by atoms with Gasteiger partial charge in [0, 0.05) is 68.8 Å². The number of halogens is 2. The van der Waals surface area contributed by atoms with Crippen LogP contribution in [0.4, 0.5) is 5.69 Å². The second-order valence-electron chi connectivity index (χ2n) is 11.0. The molecular weight excluding hydrogens is 605 g/mol. The van der Waals surface area contributed by atoms with Crippen molar-refractivity contribution in [3.63, 3.8) is 0 Å². The van der Waals surface area contributed by atoms with Crippen LogP contribution in [0.3, 0.4) is 0 Å². The Kier molecular flexibility index (Phi) is 8.10. The maximum absolute atomic E-state index is 13.1. The summed E-state index contributed by atoms with van der Waals surface area (Å²) in [5.74, 6) is -0.0987. The van der Waals surface area contributed by atoms with Crippen molar-refractivity contribution in [2.24, 2.45) is 14.1 Å². The fourth-order valence-electron chi connectivity index (χ4n) is 6.04. The Morgan fingerprint density at radius 3 is 2.39 bits per heavy atom. The number of methoxy groups -OCH3 is 2. The summed E-state index contributed by atoms with van der Waals surface area (Å²) >= 11 is 13.9. The number of ether oxygens (including phenoxy) is 2. The van der Waals surface area contributed by atoms with Crippen molar-refractivity contribution >= 4 is 34.8 Å². The molecule has 0 saturated carbocycles. The van der Waals surface area contributed by atoms with Crippen molar-refractivity contribution in [3.8, 4) is 28.3 Å². The highest BCUT2D eigenvalue weighted by atomic mass is 35.5. The molecular formula is C32H31Cl2N5O5. The normalized spacial score (nSPS) is 16.5. The van der Waals surface area contributed by atoms with E-state index in [0.29, 0.717) is 27.7 Å². The van der Waals surface area contributed by atoms with Crippen molar-refractivity contribution in [1.29, 1.82) is 0 Å². The lowest BCUT2D eigenvalue weighted by atomic mass is 9.98. The number of aromatic nitrogens is 3. The molecule has 12 heteroatoms. The van der Waals surface area contributed by atoms with E-state index in [1.165, 1.54) is 30.4 Å². The minimum absolute atomic E-state index is 0.192. The molecule has 1 aliphatic heterocycles. The van der Waals surface area contributed by atoms with Crippen LogP contribution in [0.15, 0.2) is 58.3 Å². The topological polar surface area (TPSA) is 108 Å². The molecule has 1 amide bonds. The molecule has 10 nitrogen and oxygen atoms in total. The summed E-state index contributed by atoms with van der Waals surface area (Å²) in [5, 5.41) is 3.39. The fourth-order valence-corrected chi connectivity index (χ4v) is 6.64. The first kappa shape index (κ1) is 30.1. The molecule has 1 aliphatic carbocycles. The zero-order valence-electron chi connectivity index (χ0n) is 24.7. The number of aryl methyl sites for hydroxylation is 2. The van der Waals surface area contributed by atoms with E-state index in [2.05, 4.69) is 16.3 Å². The van der Waals surface area contributed by atoms with Gasteiger partial charge >= 0.3 is 5.69 Å². The van der Waals surface area contributed by atoms with E-state index >= 15 is 0 Å². The first-order valence-corrected chi connectivity index (χ1v) is 14.9. The van der Waals surface area contributed by atoms with Gasteiger partial charge in [-0.15, -0.1) is 0 Å². The largest absolute Gasteiger partial charge is 0.481 e. The molecule has 1 fully saturated rings. The second-order valence-corrected chi connectivity index (χ2v) is 11.8. The van der Waals surface area contributed by atoms with Gasteiger partial charge in [-0.1, -0.05) is 53.5 Å². The van der Waals surface area contributed by atoms with Crippen molar-refractivity contribution in [2.75, 3.05) is 32.6 Å². The summed E-state index contributed by atoms with van der Waals surface area (Å²) in [5.41, 5.74) is 3.81. The fraction of sp³-hybridized carbons (Fsp3) is 0.312. The molecule has 0 bridgehead atoms. The summed E-state index contributed by atoms with van der Waals surface area (Å²) in [6, 6.07) is 13.1. The Morgan fingerprint density at radius 2 is 1.68 bits per heavy atom. The Hall–Kier alpha value is -3.96. The molecule has 2 aromatic carbocycles. The maximum Gasteiger partial charge on any atom is 0.330 e. The third-order valence-electron chi connectivity index (χ3n) is 8.48. The number of rotatable bonds is 7. The number of carbonyl (C=O) groups excluding carboxylic acids is 1. The smallest absolute Gasteiger partial charge is 0.330 e. The van der Waals surface area contributed by atoms with Gasteiger partial charge in [0.05, 0.1) is 34.6 Å². The zero-order chi connectivity index (χ0) is 31.3. The number of hydrogen-bond donors (Lipinski definition) is 1.